The first kappa shape index (κ1) is 13.1. The third-order valence-electron chi connectivity index (χ3n) is 3.83. The maximum absolute atomic E-state index is 4.45. The quantitative estimate of drug-likeness (QED) is 0.872. The number of nitrogens with zero attached hydrogens (tertiary/aromatic N) is 4. The van der Waals surface area contributed by atoms with E-state index in [0.717, 1.165) is 30.3 Å². The molecule has 1 aromatic rings. The molecule has 1 saturated heterocycles. The SMILES string of the molecule is CNc1ncnc(N2CC(C)C(N(C)C)C2)c1C. The van der Waals surface area contributed by atoms with Gasteiger partial charge in [0.1, 0.15) is 18.0 Å². The smallest absolute Gasteiger partial charge is 0.137 e. The molecule has 0 amide bonds. The van der Waals surface area contributed by atoms with Gasteiger partial charge in [-0.25, -0.2) is 9.97 Å². The number of hydrogen-bond acceptors (Lipinski definition) is 5. The highest BCUT2D eigenvalue weighted by Gasteiger charge is 2.32. The number of likely N-dealkylation sites (N-methyl/N-ethyl adjacent to an activating group) is 1. The van der Waals surface area contributed by atoms with Gasteiger partial charge >= 0.3 is 0 Å². The molecule has 0 saturated carbocycles. The highest BCUT2D eigenvalue weighted by Crippen LogP contribution is 2.28. The van der Waals surface area contributed by atoms with Crippen LogP contribution in [0, 0.1) is 12.8 Å². The van der Waals surface area contributed by atoms with E-state index < -0.39 is 0 Å². The zero-order chi connectivity index (χ0) is 13.3. The standard InChI is InChI=1S/C13H23N5/c1-9-6-18(7-11(9)17(4)5)13-10(2)12(14-3)15-8-16-13/h8-9,11H,6-7H2,1-5H3,(H,14,15,16). The van der Waals surface area contributed by atoms with Gasteiger partial charge in [-0.15, -0.1) is 0 Å². The number of aromatic nitrogens is 2. The average molecular weight is 249 g/mol. The number of rotatable bonds is 3. The summed E-state index contributed by atoms with van der Waals surface area (Å²) in [5.41, 5.74) is 1.13. The summed E-state index contributed by atoms with van der Waals surface area (Å²) >= 11 is 0. The van der Waals surface area contributed by atoms with Crippen LogP contribution in [-0.2, 0) is 0 Å². The third kappa shape index (κ3) is 2.27. The average Bonchev–Trinajstić information content (AvgIpc) is 2.71. The Hall–Kier alpha value is -1.36. The van der Waals surface area contributed by atoms with Gasteiger partial charge in [0.05, 0.1) is 0 Å². The van der Waals surface area contributed by atoms with Crippen molar-refractivity contribution in [2.75, 3.05) is 44.4 Å². The topological polar surface area (TPSA) is 44.3 Å². The minimum Gasteiger partial charge on any atom is -0.373 e. The molecule has 2 rings (SSSR count). The number of anilines is 2. The first-order valence-corrected chi connectivity index (χ1v) is 6.45. The van der Waals surface area contributed by atoms with Crippen molar-refractivity contribution in [1.29, 1.82) is 0 Å². The van der Waals surface area contributed by atoms with E-state index >= 15 is 0 Å². The van der Waals surface area contributed by atoms with Crippen LogP contribution < -0.4 is 10.2 Å². The maximum atomic E-state index is 4.45. The predicted octanol–water partition coefficient (Wildman–Crippen LogP) is 1.21. The van der Waals surface area contributed by atoms with Gasteiger partial charge in [-0.3, -0.25) is 0 Å². The van der Waals surface area contributed by atoms with E-state index in [1.807, 2.05) is 7.05 Å². The lowest BCUT2D eigenvalue weighted by Crippen LogP contribution is -2.34. The van der Waals surface area contributed by atoms with E-state index in [2.05, 4.69) is 53.0 Å². The molecule has 0 radical (unpaired) electrons. The molecule has 1 aliphatic rings. The van der Waals surface area contributed by atoms with Crippen molar-refractivity contribution in [3.63, 3.8) is 0 Å². The zero-order valence-corrected chi connectivity index (χ0v) is 11.9. The molecule has 1 N–H and O–H groups in total. The van der Waals surface area contributed by atoms with Crippen LogP contribution in [-0.4, -0.2) is 55.1 Å². The Morgan fingerprint density at radius 3 is 2.61 bits per heavy atom. The second-order valence-corrected chi connectivity index (χ2v) is 5.33. The highest BCUT2D eigenvalue weighted by molar-refractivity contribution is 5.58. The largest absolute Gasteiger partial charge is 0.373 e. The first-order chi connectivity index (χ1) is 8.54. The van der Waals surface area contributed by atoms with Crippen molar-refractivity contribution in [3.8, 4) is 0 Å². The van der Waals surface area contributed by atoms with Gasteiger partial charge in [0.15, 0.2) is 0 Å². The first-order valence-electron chi connectivity index (χ1n) is 6.45. The molecule has 0 spiro atoms. The molecule has 0 aromatic carbocycles. The van der Waals surface area contributed by atoms with Gasteiger partial charge < -0.3 is 15.1 Å². The number of hydrogen-bond donors (Lipinski definition) is 1. The summed E-state index contributed by atoms with van der Waals surface area (Å²) in [6, 6.07) is 0.595. The second-order valence-electron chi connectivity index (χ2n) is 5.33. The van der Waals surface area contributed by atoms with Crippen LogP contribution in [0.3, 0.4) is 0 Å². The summed E-state index contributed by atoms with van der Waals surface area (Å²) < 4.78 is 0. The van der Waals surface area contributed by atoms with Gasteiger partial charge in [0.2, 0.25) is 0 Å². The molecule has 2 unspecified atom stereocenters. The Morgan fingerprint density at radius 1 is 1.33 bits per heavy atom. The molecule has 2 heterocycles. The molecule has 5 nitrogen and oxygen atoms in total. The van der Waals surface area contributed by atoms with Crippen LogP contribution >= 0.6 is 0 Å². The van der Waals surface area contributed by atoms with E-state index in [0.29, 0.717) is 12.0 Å². The highest BCUT2D eigenvalue weighted by atomic mass is 15.3. The lowest BCUT2D eigenvalue weighted by molar-refractivity contribution is 0.266. The summed E-state index contributed by atoms with van der Waals surface area (Å²) in [6.07, 6.45) is 1.64. The van der Waals surface area contributed by atoms with Crippen molar-refractivity contribution in [1.82, 2.24) is 14.9 Å². The summed E-state index contributed by atoms with van der Waals surface area (Å²) in [4.78, 5) is 13.4. The van der Waals surface area contributed by atoms with Crippen LogP contribution in [0.5, 0.6) is 0 Å². The Bertz CT molecular complexity index is 418. The summed E-state index contributed by atoms with van der Waals surface area (Å²) in [5, 5.41) is 3.12. The molecule has 2 atom stereocenters. The molecule has 0 bridgehead atoms. The van der Waals surface area contributed by atoms with Gasteiger partial charge in [0.25, 0.3) is 0 Å². The molecule has 5 heteroatoms. The molecule has 1 aliphatic heterocycles. The van der Waals surface area contributed by atoms with Crippen molar-refractivity contribution >= 4 is 11.6 Å². The lowest BCUT2D eigenvalue weighted by atomic mass is 10.1. The molecule has 18 heavy (non-hydrogen) atoms. The van der Waals surface area contributed by atoms with Crippen molar-refractivity contribution < 1.29 is 0 Å². The predicted molar refractivity (Wildman–Crippen MR) is 75.2 cm³/mol. The fourth-order valence-electron chi connectivity index (χ4n) is 2.81. The lowest BCUT2D eigenvalue weighted by Gasteiger charge is -2.23. The zero-order valence-electron chi connectivity index (χ0n) is 11.9. The van der Waals surface area contributed by atoms with Gasteiger partial charge in [-0.1, -0.05) is 6.92 Å². The van der Waals surface area contributed by atoms with Crippen molar-refractivity contribution in [2.45, 2.75) is 19.9 Å². The summed E-state index contributed by atoms with van der Waals surface area (Å²) in [7, 11) is 6.20. The Kier molecular flexibility index (Phi) is 3.71. The summed E-state index contributed by atoms with van der Waals surface area (Å²) in [6.45, 7) is 6.48. The fourth-order valence-corrected chi connectivity index (χ4v) is 2.81. The molecule has 1 aromatic heterocycles. The van der Waals surface area contributed by atoms with E-state index in [1.165, 1.54) is 0 Å². The van der Waals surface area contributed by atoms with Gasteiger partial charge in [0, 0.05) is 31.7 Å². The van der Waals surface area contributed by atoms with Gasteiger partial charge in [-0.05, 0) is 26.9 Å². The van der Waals surface area contributed by atoms with E-state index in [4.69, 9.17) is 0 Å². The molecular formula is C13H23N5. The monoisotopic (exact) mass is 249 g/mol. The van der Waals surface area contributed by atoms with Gasteiger partial charge in [-0.2, -0.15) is 0 Å². The Labute approximate surface area is 109 Å². The summed E-state index contributed by atoms with van der Waals surface area (Å²) in [5.74, 6) is 2.64. The van der Waals surface area contributed by atoms with E-state index in [-0.39, 0.29) is 0 Å². The van der Waals surface area contributed by atoms with E-state index in [1.54, 1.807) is 6.33 Å². The molecule has 1 fully saturated rings. The Morgan fingerprint density at radius 2 is 2.06 bits per heavy atom. The number of nitrogens with one attached hydrogen (secondary N) is 1. The molecule has 0 aliphatic carbocycles. The van der Waals surface area contributed by atoms with Crippen LogP contribution in [0.25, 0.3) is 0 Å². The van der Waals surface area contributed by atoms with Crippen molar-refractivity contribution in [2.24, 2.45) is 5.92 Å². The molecule has 100 valence electrons. The minimum atomic E-state index is 0.595. The normalized spacial score (nSPS) is 23.8. The fraction of sp³-hybridized carbons (Fsp3) is 0.692. The minimum absolute atomic E-state index is 0.595. The maximum Gasteiger partial charge on any atom is 0.137 e. The third-order valence-corrected chi connectivity index (χ3v) is 3.83. The van der Waals surface area contributed by atoms with E-state index in [9.17, 15) is 0 Å². The van der Waals surface area contributed by atoms with Crippen molar-refractivity contribution in [3.05, 3.63) is 11.9 Å². The Balaban J connectivity index is 2.24. The van der Waals surface area contributed by atoms with Crippen LogP contribution in [0.4, 0.5) is 11.6 Å². The van der Waals surface area contributed by atoms with Crippen LogP contribution in [0.2, 0.25) is 0 Å². The van der Waals surface area contributed by atoms with Crippen LogP contribution in [0.15, 0.2) is 6.33 Å². The second kappa shape index (κ2) is 5.10. The van der Waals surface area contributed by atoms with Crippen LogP contribution in [0.1, 0.15) is 12.5 Å². The molecular weight excluding hydrogens is 226 g/mol.